The highest BCUT2D eigenvalue weighted by Crippen LogP contribution is 2.07. The summed E-state index contributed by atoms with van der Waals surface area (Å²) in [4.78, 5) is 23.9. The van der Waals surface area contributed by atoms with Crippen LogP contribution in [0.5, 0.6) is 0 Å². The Morgan fingerprint density at radius 1 is 1.22 bits per heavy atom. The van der Waals surface area contributed by atoms with Gasteiger partial charge in [0.25, 0.3) is 0 Å². The summed E-state index contributed by atoms with van der Waals surface area (Å²) < 4.78 is 24.3. The summed E-state index contributed by atoms with van der Waals surface area (Å²) in [6.45, 7) is 5.28. The average molecular weight is 280 g/mol. The first-order valence-electron chi connectivity index (χ1n) is 5.64. The summed E-state index contributed by atoms with van der Waals surface area (Å²) in [7, 11) is -2.79. The second-order valence-electron chi connectivity index (χ2n) is 3.85. The number of hydrogen-bond acceptors (Lipinski definition) is 4. The van der Waals surface area contributed by atoms with Crippen LogP contribution in [0.1, 0.15) is 20.8 Å². The molecule has 1 N–H and O–H groups in total. The molecule has 0 spiro atoms. The Morgan fingerprint density at radius 2 is 1.67 bits per heavy atom. The van der Waals surface area contributed by atoms with Crippen LogP contribution in [0.4, 0.5) is 0 Å². The summed E-state index contributed by atoms with van der Waals surface area (Å²) in [5.41, 5.74) is 0. The largest absolute Gasteiger partial charge is 0.480 e. The highest BCUT2D eigenvalue weighted by molar-refractivity contribution is 7.90. The number of amides is 1. The maximum Gasteiger partial charge on any atom is 0.323 e. The molecule has 7 nitrogen and oxygen atoms in total. The quantitative estimate of drug-likeness (QED) is 0.684. The predicted octanol–water partition coefficient (Wildman–Crippen LogP) is -0.410. The molecule has 1 atom stereocenters. The number of sulfonamides is 1. The highest BCUT2D eigenvalue weighted by Gasteiger charge is 2.33. The van der Waals surface area contributed by atoms with Gasteiger partial charge in [0.1, 0.15) is 0 Å². The molecule has 0 aromatic carbocycles. The molecular weight excluding hydrogens is 260 g/mol. The molecule has 0 radical (unpaired) electrons. The number of carboxylic acids is 1. The minimum atomic E-state index is -4.00. The van der Waals surface area contributed by atoms with Crippen molar-refractivity contribution in [1.82, 2.24) is 9.21 Å². The first-order valence-corrected chi connectivity index (χ1v) is 7.14. The number of carbonyl (C=O) groups is 2. The summed E-state index contributed by atoms with van der Waals surface area (Å²) in [6, 6.07) is 0. The van der Waals surface area contributed by atoms with Crippen molar-refractivity contribution in [3.05, 3.63) is 0 Å². The second-order valence-corrected chi connectivity index (χ2v) is 6.21. The maximum absolute atomic E-state index is 11.8. The Labute approximate surface area is 107 Å². The van der Waals surface area contributed by atoms with Crippen LogP contribution in [0.3, 0.4) is 0 Å². The molecule has 106 valence electrons. The van der Waals surface area contributed by atoms with E-state index < -0.39 is 21.2 Å². The lowest BCUT2D eigenvalue weighted by atomic mass is 10.4. The Bertz CT molecular complexity index is 402. The zero-order valence-electron chi connectivity index (χ0n) is 11.1. The Morgan fingerprint density at radius 3 is 2.00 bits per heavy atom. The lowest BCUT2D eigenvalue weighted by molar-refractivity contribution is -0.136. The summed E-state index contributed by atoms with van der Waals surface area (Å²) in [5.74, 6) is -1.78. The summed E-state index contributed by atoms with van der Waals surface area (Å²) >= 11 is 0. The minimum Gasteiger partial charge on any atom is -0.480 e. The average Bonchev–Trinajstić information content (AvgIpc) is 2.29. The number of carbonyl (C=O) groups excluding carboxylic acids is 1. The van der Waals surface area contributed by atoms with Gasteiger partial charge in [-0.1, -0.05) is 0 Å². The van der Waals surface area contributed by atoms with E-state index in [2.05, 4.69) is 0 Å². The van der Waals surface area contributed by atoms with Crippen LogP contribution >= 0.6 is 0 Å². The first-order chi connectivity index (χ1) is 8.18. The van der Waals surface area contributed by atoms with Crippen LogP contribution in [0.2, 0.25) is 0 Å². The molecule has 0 aliphatic rings. The number of hydrogen-bond donors (Lipinski definition) is 1. The number of rotatable bonds is 7. The third-order valence-electron chi connectivity index (χ3n) is 2.70. The number of aliphatic carboxylic acids is 1. The van der Waals surface area contributed by atoms with Gasteiger partial charge in [-0.25, -0.2) is 8.42 Å². The van der Waals surface area contributed by atoms with Crippen molar-refractivity contribution in [1.29, 1.82) is 0 Å². The molecule has 8 heteroatoms. The van der Waals surface area contributed by atoms with Crippen LogP contribution in [0, 0.1) is 0 Å². The molecule has 0 aliphatic carbocycles. The molecule has 1 unspecified atom stereocenters. The fourth-order valence-electron chi connectivity index (χ4n) is 1.35. The smallest absolute Gasteiger partial charge is 0.323 e. The Hall–Kier alpha value is -1.15. The molecular formula is C10H20N2O5S. The Balaban J connectivity index is 4.82. The van der Waals surface area contributed by atoms with E-state index in [1.54, 1.807) is 13.8 Å². The van der Waals surface area contributed by atoms with E-state index in [9.17, 15) is 18.0 Å². The normalized spacial score (nSPS) is 13.4. The van der Waals surface area contributed by atoms with Crippen LogP contribution < -0.4 is 0 Å². The SMILES string of the molecule is CCN(CC)C(=O)CN(C)S(=O)(=O)C(C)C(=O)O. The summed E-state index contributed by atoms with van der Waals surface area (Å²) in [6.07, 6.45) is 0. The third kappa shape index (κ3) is 3.95. The molecule has 1 amide bonds. The van der Waals surface area contributed by atoms with Gasteiger partial charge in [0.2, 0.25) is 15.9 Å². The van der Waals surface area contributed by atoms with Gasteiger partial charge in [-0.15, -0.1) is 0 Å². The fraction of sp³-hybridized carbons (Fsp3) is 0.800. The predicted molar refractivity (Wildman–Crippen MR) is 66.6 cm³/mol. The van der Waals surface area contributed by atoms with Crippen LogP contribution in [-0.2, 0) is 19.6 Å². The van der Waals surface area contributed by atoms with Gasteiger partial charge in [0, 0.05) is 20.1 Å². The molecule has 0 saturated heterocycles. The minimum absolute atomic E-state index is 0.344. The van der Waals surface area contributed by atoms with Crippen molar-refractivity contribution in [2.75, 3.05) is 26.7 Å². The van der Waals surface area contributed by atoms with E-state index in [1.165, 1.54) is 11.9 Å². The third-order valence-corrected chi connectivity index (χ3v) is 4.80. The number of likely N-dealkylation sites (N-methyl/N-ethyl adjacent to an activating group) is 2. The molecule has 0 rings (SSSR count). The van der Waals surface area contributed by atoms with Gasteiger partial charge < -0.3 is 10.0 Å². The van der Waals surface area contributed by atoms with Crippen LogP contribution in [0.25, 0.3) is 0 Å². The molecule has 0 aromatic heterocycles. The molecule has 0 aliphatic heterocycles. The van der Waals surface area contributed by atoms with Gasteiger partial charge in [0.05, 0.1) is 6.54 Å². The van der Waals surface area contributed by atoms with Crippen molar-refractivity contribution in [2.45, 2.75) is 26.0 Å². The lowest BCUT2D eigenvalue weighted by Crippen LogP contribution is -2.45. The zero-order valence-corrected chi connectivity index (χ0v) is 11.9. The summed E-state index contributed by atoms with van der Waals surface area (Å²) in [5, 5.41) is 7.14. The van der Waals surface area contributed by atoms with Gasteiger partial charge in [-0.2, -0.15) is 4.31 Å². The van der Waals surface area contributed by atoms with Gasteiger partial charge >= 0.3 is 5.97 Å². The molecule has 0 bridgehead atoms. The van der Waals surface area contributed by atoms with Crippen molar-refractivity contribution < 1.29 is 23.1 Å². The van der Waals surface area contributed by atoms with Gasteiger partial charge in [0.15, 0.2) is 5.25 Å². The van der Waals surface area contributed by atoms with E-state index in [4.69, 9.17) is 5.11 Å². The second kappa shape index (κ2) is 6.69. The van der Waals surface area contributed by atoms with Gasteiger partial charge in [-0.3, -0.25) is 9.59 Å². The number of carboxylic acid groups (broad SMARTS) is 1. The topological polar surface area (TPSA) is 95.0 Å². The zero-order chi connectivity index (χ0) is 14.5. The van der Waals surface area contributed by atoms with E-state index in [0.29, 0.717) is 13.1 Å². The Kier molecular flexibility index (Phi) is 6.27. The fourth-order valence-corrected chi connectivity index (χ4v) is 2.44. The standard InChI is InChI=1S/C10H20N2O5S/c1-5-12(6-2)9(13)7-11(4)18(16,17)8(3)10(14)15/h8H,5-7H2,1-4H3,(H,14,15). The highest BCUT2D eigenvalue weighted by atomic mass is 32.2. The van der Waals surface area contributed by atoms with Gasteiger partial charge in [-0.05, 0) is 20.8 Å². The number of nitrogens with zero attached hydrogens (tertiary/aromatic N) is 2. The maximum atomic E-state index is 11.8. The van der Waals surface area contributed by atoms with E-state index in [1.807, 2.05) is 0 Å². The first kappa shape index (κ1) is 16.9. The van der Waals surface area contributed by atoms with Crippen molar-refractivity contribution in [2.24, 2.45) is 0 Å². The van der Waals surface area contributed by atoms with Crippen LogP contribution in [-0.4, -0.2) is 66.5 Å². The van der Waals surface area contributed by atoms with Crippen molar-refractivity contribution in [3.63, 3.8) is 0 Å². The van der Waals surface area contributed by atoms with Crippen molar-refractivity contribution in [3.8, 4) is 0 Å². The monoisotopic (exact) mass is 280 g/mol. The molecule has 0 saturated carbocycles. The molecule has 18 heavy (non-hydrogen) atoms. The van der Waals surface area contributed by atoms with Crippen LogP contribution in [0.15, 0.2) is 0 Å². The van der Waals surface area contributed by atoms with E-state index in [0.717, 1.165) is 11.2 Å². The van der Waals surface area contributed by atoms with E-state index >= 15 is 0 Å². The van der Waals surface area contributed by atoms with Crippen molar-refractivity contribution >= 4 is 21.9 Å². The lowest BCUT2D eigenvalue weighted by Gasteiger charge is -2.24. The molecule has 0 aromatic rings. The van der Waals surface area contributed by atoms with E-state index in [-0.39, 0.29) is 12.5 Å². The molecule has 0 fully saturated rings. The molecule has 0 heterocycles.